The molecule has 2 aromatic carbocycles. The van der Waals surface area contributed by atoms with Crippen molar-refractivity contribution in [3.63, 3.8) is 0 Å². The minimum absolute atomic E-state index is 0.127. The number of hydrogen-bond donors (Lipinski definition) is 2. The lowest BCUT2D eigenvalue weighted by atomic mass is 9.99. The lowest BCUT2D eigenvalue weighted by molar-refractivity contribution is -0.142. The third kappa shape index (κ3) is 9.59. The van der Waals surface area contributed by atoms with Gasteiger partial charge in [0, 0.05) is 24.6 Å². The Morgan fingerprint density at radius 1 is 1.00 bits per heavy atom. The first kappa shape index (κ1) is 30.4. The number of nitrogens with one attached hydrogen (secondary N) is 2. The van der Waals surface area contributed by atoms with Crippen LogP contribution >= 0.6 is 0 Å². The minimum Gasteiger partial charge on any atom is -0.444 e. The largest absolute Gasteiger partial charge is 0.444 e. The van der Waals surface area contributed by atoms with Crippen molar-refractivity contribution in [3.05, 3.63) is 71.3 Å². The summed E-state index contributed by atoms with van der Waals surface area (Å²) in [4.78, 5) is 42.1. The fourth-order valence-electron chi connectivity index (χ4n) is 3.99. The summed E-state index contributed by atoms with van der Waals surface area (Å²) in [5, 5.41) is 5.73. The third-order valence-electron chi connectivity index (χ3n) is 5.69. The third-order valence-corrected chi connectivity index (χ3v) is 5.69. The SMILES string of the molecule is C#Cc1ccc(C(C(=O)NC(C)C)N(CCCC)C(=O)C(Cc2ccccc2)NC(=O)OC(C)(C)C)cc1. The number of alkyl carbamates (subject to hydrolysis) is 1. The van der Waals surface area contributed by atoms with Gasteiger partial charge in [-0.05, 0) is 64.3 Å². The van der Waals surface area contributed by atoms with Crippen molar-refractivity contribution in [3.8, 4) is 12.3 Å². The summed E-state index contributed by atoms with van der Waals surface area (Å²) < 4.78 is 5.47. The van der Waals surface area contributed by atoms with Crippen LogP contribution in [0.4, 0.5) is 4.79 Å². The molecule has 204 valence electrons. The molecule has 2 unspecified atom stereocenters. The van der Waals surface area contributed by atoms with E-state index in [2.05, 4.69) is 16.6 Å². The number of benzene rings is 2. The van der Waals surface area contributed by atoms with Crippen molar-refractivity contribution in [2.45, 2.75) is 84.5 Å². The molecule has 38 heavy (non-hydrogen) atoms. The van der Waals surface area contributed by atoms with Crippen LogP contribution in [0.15, 0.2) is 54.6 Å². The predicted molar refractivity (Wildman–Crippen MR) is 150 cm³/mol. The van der Waals surface area contributed by atoms with Crippen LogP contribution in [-0.2, 0) is 20.7 Å². The zero-order valence-corrected chi connectivity index (χ0v) is 23.4. The number of carbonyl (C=O) groups is 3. The second-order valence-electron chi connectivity index (χ2n) is 10.6. The van der Waals surface area contributed by atoms with Gasteiger partial charge in [-0.1, -0.05) is 61.7 Å². The van der Waals surface area contributed by atoms with Crippen molar-refractivity contribution in [1.29, 1.82) is 0 Å². The summed E-state index contributed by atoms with van der Waals surface area (Å²) in [5.74, 6) is 1.92. The Hall–Kier alpha value is -3.79. The number of amides is 3. The average Bonchev–Trinajstić information content (AvgIpc) is 2.85. The van der Waals surface area contributed by atoms with E-state index in [0.29, 0.717) is 24.1 Å². The van der Waals surface area contributed by atoms with Crippen LogP contribution in [0.1, 0.15) is 77.1 Å². The van der Waals surface area contributed by atoms with Crippen molar-refractivity contribution < 1.29 is 19.1 Å². The van der Waals surface area contributed by atoms with E-state index >= 15 is 0 Å². The summed E-state index contributed by atoms with van der Waals surface area (Å²) in [6, 6.07) is 14.5. The summed E-state index contributed by atoms with van der Waals surface area (Å²) in [5.41, 5.74) is 1.46. The normalized spacial score (nSPS) is 12.7. The number of rotatable bonds is 11. The zero-order chi connectivity index (χ0) is 28.3. The number of ether oxygens (including phenoxy) is 1. The molecule has 0 heterocycles. The first-order chi connectivity index (χ1) is 17.9. The molecule has 2 atom stereocenters. The molecule has 0 saturated heterocycles. The topological polar surface area (TPSA) is 87.7 Å². The van der Waals surface area contributed by atoms with E-state index in [4.69, 9.17) is 11.2 Å². The molecule has 0 saturated carbocycles. The van der Waals surface area contributed by atoms with E-state index in [1.165, 1.54) is 0 Å². The van der Waals surface area contributed by atoms with Gasteiger partial charge in [-0.25, -0.2) is 4.79 Å². The first-order valence-corrected chi connectivity index (χ1v) is 13.2. The van der Waals surface area contributed by atoms with Crippen molar-refractivity contribution in [1.82, 2.24) is 15.5 Å². The quantitative estimate of drug-likeness (QED) is 0.409. The highest BCUT2D eigenvalue weighted by Crippen LogP contribution is 2.25. The van der Waals surface area contributed by atoms with Crippen LogP contribution in [0.5, 0.6) is 0 Å². The number of unbranched alkanes of at least 4 members (excludes halogenated alkanes) is 1. The lowest BCUT2D eigenvalue weighted by Gasteiger charge is -2.35. The molecule has 0 aromatic heterocycles. The Morgan fingerprint density at radius 2 is 1.63 bits per heavy atom. The molecule has 2 rings (SSSR count). The van der Waals surface area contributed by atoms with E-state index in [9.17, 15) is 14.4 Å². The molecular formula is C31H41N3O4. The zero-order valence-electron chi connectivity index (χ0n) is 23.4. The Kier molecular flexibility index (Phi) is 11.4. The van der Waals surface area contributed by atoms with E-state index in [1.807, 2.05) is 51.1 Å². The molecule has 0 spiro atoms. The highest BCUT2D eigenvalue weighted by Gasteiger charge is 2.36. The second-order valence-corrected chi connectivity index (χ2v) is 10.6. The standard InChI is InChI=1S/C31H41N3O4/c1-8-10-20-34(27(28(35)32-22(3)4)25-18-16-23(9-2)17-19-25)29(36)26(21-24-14-12-11-13-15-24)33-30(37)38-31(5,6)7/h2,11-19,22,26-27H,8,10,20-21H2,1,3-7H3,(H,32,35)(H,33,37). The van der Waals surface area contributed by atoms with E-state index < -0.39 is 23.8 Å². The molecule has 7 heteroatoms. The summed E-state index contributed by atoms with van der Waals surface area (Å²) in [6.07, 6.45) is 6.59. The fraction of sp³-hybridized carbons (Fsp3) is 0.452. The molecule has 3 amide bonds. The summed E-state index contributed by atoms with van der Waals surface area (Å²) >= 11 is 0. The molecule has 2 N–H and O–H groups in total. The van der Waals surface area contributed by atoms with E-state index in [-0.39, 0.29) is 24.3 Å². The smallest absolute Gasteiger partial charge is 0.408 e. The minimum atomic E-state index is -0.941. The van der Waals surface area contributed by atoms with Gasteiger partial charge in [-0.15, -0.1) is 6.42 Å². The molecule has 7 nitrogen and oxygen atoms in total. The van der Waals surface area contributed by atoms with Gasteiger partial charge >= 0.3 is 6.09 Å². The Balaban J connectivity index is 2.54. The first-order valence-electron chi connectivity index (χ1n) is 13.2. The number of carbonyl (C=O) groups excluding carboxylic acids is 3. The summed E-state index contributed by atoms with van der Waals surface area (Å²) in [6.45, 7) is 11.4. The van der Waals surface area contributed by atoms with Crippen LogP contribution < -0.4 is 10.6 Å². The molecule has 0 radical (unpaired) electrons. The van der Waals surface area contributed by atoms with Crippen LogP contribution in [0, 0.1) is 12.3 Å². The Morgan fingerprint density at radius 3 is 2.16 bits per heavy atom. The number of terminal acetylenes is 1. The highest BCUT2D eigenvalue weighted by atomic mass is 16.6. The highest BCUT2D eigenvalue weighted by molar-refractivity contribution is 5.92. The maximum absolute atomic E-state index is 14.2. The molecule has 0 bridgehead atoms. The van der Waals surface area contributed by atoms with E-state index in [1.54, 1.807) is 49.9 Å². The monoisotopic (exact) mass is 519 g/mol. The van der Waals surface area contributed by atoms with Gasteiger partial charge in [-0.3, -0.25) is 9.59 Å². The van der Waals surface area contributed by atoms with Crippen molar-refractivity contribution >= 4 is 17.9 Å². The van der Waals surface area contributed by atoms with Crippen LogP contribution in [0.25, 0.3) is 0 Å². The van der Waals surface area contributed by atoms with Crippen molar-refractivity contribution in [2.24, 2.45) is 0 Å². The van der Waals surface area contributed by atoms with E-state index in [0.717, 1.165) is 12.0 Å². The lowest BCUT2D eigenvalue weighted by Crippen LogP contribution is -2.54. The molecule has 0 fully saturated rings. The van der Waals surface area contributed by atoms with Gasteiger partial charge in [0.05, 0.1) is 0 Å². The van der Waals surface area contributed by atoms with Crippen LogP contribution in [0.2, 0.25) is 0 Å². The van der Waals surface area contributed by atoms with Gasteiger partial charge in [0.15, 0.2) is 0 Å². The van der Waals surface area contributed by atoms with Crippen molar-refractivity contribution in [2.75, 3.05) is 6.54 Å². The molecular weight excluding hydrogens is 478 g/mol. The summed E-state index contributed by atoms with van der Waals surface area (Å²) in [7, 11) is 0. The maximum Gasteiger partial charge on any atom is 0.408 e. The van der Waals surface area contributed by atoms with Gasteiger partial charge in [-0.2, -0.15) is 0 Å². The average molecular weight is 520 g/mol. The van der Waals surface area contributed by atoms with Gasteiger partial charge in [0.25, 0.3) is 0 Å². The molecule has 2 aromatic rings. The molecule has 0 aliphatic rings. The van der Waals surface area contributed by atoms with Crippen LogP contribution in [0.3, 0.4) is 0 Å². The second kappa shape index (κ2) is 14.2. The maximum atomic E-state index is 14.2. The molecule has 0 aliphatic heterocycles. The Bertz CT molecular complexity index is 1100. The Labute approximate surface area is 227 Å². The van der Waals surface area contributed by atoms with Gasteiger partial charge < -0.3 is 20.3 Å². The predicted octanol–water partition coefficient (Wildman–Crippen LogP) is 5.00. The number of nitrogens with zero attached hydrogens (tertiary/aromatic N) is 1. The van der Waals surface area contributed by atoms with Crippen LogP contribution in [-0.4, -0.2) is 47.0 Å². The molecule has 0 aliphatic carbocycles. The van der Waals surface area contributed by atoms with Gasteiger partial charge in [0.1, 0.15) is 17.7 Å². The number of hydrogen-bond acceptors (Lipinski definition) is 4. The fourth-order valence-corrected chi connectivity index (χ4v) is 3.99. The van der Waals surface area contributed by atoms with Gasteiger partial charge in [0.2, 0.25) is 11.8 Å².